The first-order valence-electron chi connectivity index (χ1n) is 7.31. The normalized spacial score (nSPS) is 17.6. The Morgan fingerprint density at radius 1 is 1.36 bits per heavy atom. The number of ether oxygens (including phenoxy) is 2. The van der Waals surface area contributed by atoms with Crippen molar-refractivity contribution in [3.05, 3.63) is 24.3 Å². The summed E-state index contributed by atoms with van der Waals surface area (Å²) in [6.45, 7) is 3.37. The maximum absolute atomic E-state index is 11.9. The van der Waals surface area contributed by atoms with Gasteiger partial charge in [0.05, 0.1) is 13.7 Å². The molecule has 120 valence electrons. The van der Waals surface area contributed by atoms with E-state index in [4.69, 9.17) is 9.47 Å². The van der Waals surface area contributed by atoms with E-state index in [0.717, 1.165) is 6.42 Å². The molecule has 0 aliphatic carbocycles. The summed E-state index contributed by atoms with van der Waals surface area (Å²) < 4.78 is 10.9. The highest BCUT2D eigenvalue weighted by Crippen LogP contribution is 2.26. The molecular formula is C16H21NO4S. The highest BCUT2D eigenvalue weighted by molar-refractivity contribution is 8.14. The molecule has 1 atom stereocenters. The highest BCUT2D eigenvalue weighted by atomic mass is 32.2. The molecular weight excluding hydrogens is 302 g/mol. The Hall–Kier alpha value is -1.69. The first-order chi connectivity index (χ1) is 10.6. The Bertz CT molecular complexity index is 535. The van der Waals surface area contributed by atoms with Crippen LogP contribution in [0.2, 0.25) is 0 Å². The molecule has 22 heavy (non-hydrogen) atoms. The van der Waals surface area contributed by atoms with E-state index in [1.807, 2.05) is 29.2 Å². The molecule has 0 saturated carbocycles. The van der Waals surface area contributed by atoms with Gasteiger partial charge in [-0.25, -0.2) is 0 Å². The zero-order valence-electron chi connectivity index (χ0n) is 12.9. The number of likely N-dealkylation sites (tertiary alicyclic amines) is 1. The first kappa shape index (κ1) is 16.7. The van der Waals surface area contributed by atoms with Gasteiger partial charge in [0.1, 0.15) is 0 Å². The van der Waals surface area contributed by atoms with Gasteiger partial charge in [0, 0.05) is 31.7 Å². The van der Waals surface area contributed by atoms with Crippen molar-refractivity contribution < 1.29 is 19.1 Å². The molecule has 1 aliphatic rings. The first-order valence-corrected chi connectivity index (χ1v) is 8.19. The molecule has 0 aromatic heterocycles. The zero-order valence-corrected chi connectivity index (χ0v) is 13.7. The number of methoxy groups -OCH3 is 1. The average Bonchev–Trinajstić information content (AvgIpc) is 2.83. The van der Waals surface area contributed by atoms with Crippen LogP contribution in [-0.4, -0.2) is 48.0 Å². The molecule has 1 amide bonds. The van der Waals surface area contributed by atoms with E-state index in [1.165, 1.54) is 11.8 Å². The molecule has 1 unspecified atom stereocenters. The van der Waals surface area contributed by atoms with Crippen LogP contribution in [0.4, 0.5) is 0 Å². The fraction of sp³-hybridized carbons (Fsp3) is 0.500. The third kappa shape index (κ3) is 4.66. The molecule has 0 spiro atoms. The quantitative estimate of drug-likeness (QED) is 0.721. The van der Waals surface area contributed by atoms with Crippen molar-refractivity contribution >= 4 is 22.8 Å². The number of carbonyl (C=O) groups excluding carboxylic acids is 2. The third-order valence-corrected chi connectivity index (χ3v) is 4.39. The second-order valence-corrected chi connectivity index (χ2v) is 6.61. The zero-order chi connectivity index (χ0) is 15.9. The van der Waals surface area contributed by atoms with Gasteiger partial charge in [-0.1, -0.05) is 23.9 Å². The Kier molecular flexibility index (Phi) is 6.12. The lowest BCUT2D eigenvalue weighted by atomic mass is 10.3. The molecule has 0 radical (unpaired) electrons. The predicted octanol–water partition coefficient (Wildman–Crippen LogP) is 2.34. The number of amides is 1. The van der Waals surface area contributed by atoms with Gasteiger partial charge in [-0.15, -0.1) is 0 Å². The Balaban J connectivity index is 1.73. The second kappa shape index (κ2) is 8.08. The molecule has 1 aromatic rings. The van der Waals surface area contributed by atoms with Gasteiger partial charge < -0.3 is 14.4 Å². The molecule has 1 aliphatic heterocycles. The Labute approximate surface area is 135 Å². The SMILES string of the molecule is COc1ccccc1OCCCN1CC(SC(C)=O)CC1=O. The van der Waals surface area contributed by atoms with Gasteiger partial charge in [-0.05, 0) is 18.6 Å². The van der Waals surface area contributed by atoms with Crippen molar-refractivity contribution in [2.45, 2.75) is 25.0 Å². The van der Waals surface area contributed by atoms with Crippen LogP contribution in [0.25, 0.3) is 0 Å². The second-order valence-electron chi connectivity index (χ2n) is 5.13. The van der Waals surface area contributed by atoms with E-state index in [-0.39, 0.29) is 16.3 Å². The largest absolute Gasteiger partial charge is 0.493 e. The summed E-state index contributed by atoms with van der Waals surface area (Å²) in [5.41, 5.74) is 0. The number of carbonyl (C=O) groups is 2. The lowest BCUT2D eigenvalue weighted by Gasteiger charge is -2.16. The van der Waals surface area contributed by atoms with Gasteiger partial charge >= 0.3 is 0 Å². The topological polar surface area (TPSA) is 55.8 Å². The van der Waals surface area contributed by atoms with Crippen molar-refractivity contribution in [3.8, 4) is 11.5 Å². The van der Waals surface area contributed by atoms with E-state index >= 15 is 0 Å². The van der Waals surface area contributed by atoms with Crippen molar-refractivity contribution in [3.63, 3.8) is 0 Å². The van der Waals surface area contributed by atoms with Gasteiger partial charge in [0.15, 0.2) is 16.6 Å². The lowest BCUT2D eigenvalue weighted by Crippen LogP contribution is -2.27. The van der Waals surface area contributed by atoms with Crippen molar-refractivity contribution in [1.82, 2.24) is 4.90 Å². The van der Waals surface area contributed by atoms with Crippen LogP contribution in [0, 0.1) is 0 Å². The maximum atomic E-state index is 11.9. The predicted molar refractivity (Wildman–Crippen MR) is 86.4 cm³/mol. The smallest absolute Gasteiger partial charge is 0.223 e. The summed E-state index contributed by atoms with van der Waals surface area (Å²) in [5, 5.41) is 0.166. The number of para-hydroxylation sites is 2. The van der Waals surface area contributed by atoms with Crippen molar-refractivity contribution in [2.24, 2.45) is 0 Å². The molecule has 0 bridgehead atoms. The van der Waals surface area contributed by atoms with Gasteiger partial charge in [-0.2, -0.15) is 0 Å². The van der Waals surface area contributed by atoms with Crippen molar-refractivity contribution in [1.29, 1.82) is 0 Å². The van der Waals surface area contributed by atoms with E-state index in [0.29, 0.717) is 37.6 Å². The summed E-state index contributed by atoms with van der Waals surface area (Å²) >= 11 is 1.26. The van der Waals surface area contributed by atoms with Gasteiger partial charge in [-0.3, -0.25) is 9.59 Å². The van der Waals surface area contributed by atoms with E-state index in [2.05, 4.69) is 0 Å². The van der Waals surface area contributed by atoms with Crippen LogP contribution in [0.3, 0.4) is 0 Å². The summed E-state index contributed by atoms with van der Waals surface area (Å²) in [6, 6.07) is 7.50. The molecule has 2 rings (SSSR count). The van der Waals surface area contributed by atoms with Gasteiger partial charge in [0.2, 0.25) is 5.91 Å². The molecule has 1 heterocycles. The van der Waals surface area contributed by atoms with Crippen LogP contribution in [0.1, 0.15) is 19.8 Å². The molecule has 0 N–H and O–H groups in total. The van der Waals surface area contributed by atoms with Crippen LogP contribution in [-0.2, 0) is 9.59 Å². The minimum absolute atomic E-state index is 0.0687. The maximum Gasteiger partial charge on any atom is 0.223 e. The monoisotopic (exact) mass is 323 g/mol. The highest BCUT2D eigenvalue weighted by Gasteiger charge is 2.30. The summed E-state index contributed by atoms with van der Waals surface area (Å²) in [7, 11) is 1.61. The molecule has 6 heteroatoms. The summed E-state index contributed by atoms with van der Waals surface area (Å²) in [5.74, 6) is 1.54. The average molecular weight is 323 g/mol. The number of hydrogen-bond donors (Lipinski definition) is 0. The number of nitrogens with zero attached hydrogens (tertiary/aromatic N) is 1. The molecule has 1 saturated heterocycles. The van der Waals surface area contributed by atoms with Crippen LogP contribution in [0.15, 0.2) is 24.3 Å². The Morgan fingerprint density at radius 3 is 2.77 bits per heavy atom. The van der Waals surface area contributed by atoms with E-state index in [9.17, 15) is 9.59 Å². The summed E-state index contributed by atoms with van der Waals surface area (Å²) in [6.07, 6.45) is 1.21. The number of hydrogen-bond acceptors (Lipinski definition) is 5. The Morgan fingerprint density at radius 2 is 2.09 bits per heavy atom. The minimum atomic E-state index is 0.0687. The molecule has 1 aromatic carbocycles. The molecule has 1 fully saturated rings. The standard InChI is InChI=1S/C16H21NO4S/c1-12(18)22-13-10-16(19)17(11-13)8-5-9-21-15-7-4-3-6-14(15)20-2/h3-4,6-7,13H,5,8-11H2,1-2H3. The van der Waals surface area contributed by atoms with Crippen LogP contribution in [0.5, 0.6) is 11.5 Å². The van der Waals surface area contributed by atoms with E-state index in [1.54, 1.807) is 14.0 Å². The van der Waals surface area contributed by atoms with Crippen molar-refractivity contribution in [2.75, 3.05) is 26.8 Å². The number of thioether (sulfide) groups is 1. The molecule has 5 nitrogen and oxygen atoms in total. The van der Waals surface area contributed by atoms with Crippen LogP contribution < -0.4 is 9.47 Å². The number of rotatable bonds is 7. The minimum Gasteiger partial charge on any atom is -0.493 e. The number of benzene rings is 1. The van der Waals surface area contributed by atoms with Gasteiger partial charge in [0.25, 0.3) is 0 Å². The lowest BCUT2D eigenvalue weighted by molar-refractivity contribution is -0.127. The summed E-state index contributed by atoms with van der Waals surface area (Å²) in [4.78, 5) is 24.8. The van der Waals surface area contributed by atoms with Crippen LogP contribution >= 0.6 is 11.8 Å². The van der Waals surface area contributed by atoms with E-state index < -0.39 is 0 Å². The fourth-order valence-corrected chi connectivity index (χ4v) is 3.39. The third-order valence-electron chi connectivity index (χ3n) is 3.41. The fourth-order valence-electron chi connectivity index (χ4n) is 2.44.